The Bertz CT molecular complexity index is 1080. The van der Waals surface area contributed by atoms with Gasteiger partial charge in [0.25, 0.3) is 0 Å². The molecule has 2 aliphatic heterocycles. The van der Waals surface area contributed by atoms with Crippen molar-refractivity contribution in [2.45, 2.75) is 60.4 Å². The predicted octanol–water partition coefficient (Wildman–Crippen LogP) is -2.51. The van der Waals surface area contributed by atoms with E-state index in [4.69, 9.17) is 23.2 Å². The number of fused-ring (bicyclic) bond motifs is 1. The highest BCUT2D eigenvalue weighted by Crippen LogP contribution is 2.29. The monoisotopic (exact) mass is 587 g/mol. The van der Waals surface area contributed by atoms with Crippen molar-refractivity contribution in [2.75, 3.05) is 19.8 Å². The van der Waals surface area contributed by atoms with Crippen molar-refractivity contribution in [2.24, 2.45) is 0 Å². The molecule has 5 amide bonds. The third-order valence-corrected chi connectivity index (χ3v) is 7.59. The molecule has 1 aromatic rings. The van der Waals surface area contributed by atoms with E-state index in [9.17, 15) is 39.3 Å². The lowest BCUT2D eigenvalue weighted by Gasteiger charge is -2.31. The Hall–Kier alpha value is -2.97. The SMILES string of the molecule is C[C@@H](O)[C@@H]1NC(=O)[C@@H]2[C@H](Cl)[C@H](Cl)CN2C(=O)[C@H](CO)NC(=O)C[C@H](c2ccccc2)NC(=O)[C@H](CO)NC1=O. The maximum Gasteiger partial charge on any atom is 0.248 e. The minimum absolute atomic E-state index is 0.195. The molecular formula is C24H31Cl2N5O8. The number of nitrogens with one attached hydrogen (secondary N) is 4. The fraction of sp³-hybridized carbons (Fsp3) is 0.542. The molecule has 0 saturated carbocycles. The molecule has 3 rings (SSSR count). The van der Waals surface area contributed by atoms with E-state index in [0.717, 1.165) is 4.90 Å². The highest BCUT2D eigenvalue weighted by Gasteiger charge is 2.49. The van der Waals surface area contributed by atoms with Gasteiger partial charge in [0.15, 0.2) is 0 Å². The zero-order valence-electron chi connectivity index (χ0n) is 20.9. The summed E-state index contributed by atoms with van der Waals surface area (Å²) in [6.45, 7) is -0.622. The first-order valence-corrected chi connectivity index (χ1v) is 13.1. The van der Waals surface area contributed by atoms with Gasteiger partial charge in [-0.05, 0) is 12.5 Å². The molecule has 214 valence electrons. The molecule has 0 aliphatic carbocycles. The lowest BCUT2D eigenvalue weighted by molar-refractivity contribution is -0.143. The molecule has 0 bridgehead atoms. The third-order valence-electron chi connectivity index (χ3n) is 6.51. The number of halogens is 2. The first-order valence-electron chi connectivity index (χ1n) is 12.2. The second kappa shape index (κ2) is 13.4. The summed E-state index contributed by atoms with van der Waals surface area (Å²) in [7, 11) is 0. The van der Waals surface area contributed by atoms with Gasteiger partial charge in [-0.15, -0.1) is 23.2 Å². The van der Waals surface area contributed by atoms with E-state index >= 15 is 0 Å². The Balaban J connectivity index is 2.02. The average Bonchev–Trinajstić information content (AvgIpc) is 3.21. The number of rotatable bonds is 4. The van der Waals surface area contributed by atoms with Gasteiger partial charge in [0.1, 0.15) is 24.2 Å². The number of nitrogens with zero attached hydrogens (tertiary/aromatic N) is 1. The Labute approximate surface area is 234 Å². The summed E-state index contributed by atoms with van der Waals surface area (Å²) in [4.78, 5) is 66.5. The van der Waals surface area contributed by atoms with E-state index in [1.54, 1.807) is 30.3 Å². The molecule has 0 spiro atoms. The van der Waals surface area contributed by atoms with Crippen LogP contribution in [0.25, 0.3) is 0 Å². The molecule has 2 aliphatic rings. The molecule has 0 radical (unpaired) electrons. The zero-order valence-corrected chi connectivity index (χ0v) is 22.4. The minimum Gasteiger partial charge on any atom is -0.394 e. The summed E-state index contributed by atoms with van der Waals surface area (Å²) in [5.74, 6) is -4.33. The Morgan fingerprint density at radius 1 is 0.897 bits per heavy atom. The maximum atomic E-state index is 13.3. The third kappa shape index (κ3) is 7.17. The number of carbonyl (C=O) groups excluding carboxylic acids is 5. The molecule has 39 heavy (non-hydrogen) atoms. The second-order valence-corrected chi connectivity index (χ2v) is 10.4. The van der Waals surface area contributed by atoms with Gasteiger partial charge in [-0.3, -0.25) is 24.0 Å². The van der Waals surface area contributed by atoms with Crippen molar-refractivity contribution < 1.29 is 39.3 Å². The van der Waals surface area contributed by atoms with Crippen molar-refractivity contribution >= 4 is 52.7 Å². The van der Waals surface area contributed by atoms with Crippen LogP contribution in [0.5, 0.6) is 0 Å². The number of amides is 5. The van der Waals surface area contributed by atoms with Crippen molar-refractivity contribution in [3.05, 3.63) is 35.9 Å². The van der Waals surface area contributed by atoms with Crippen LogP contribution in [0.2, 0.25) is 0 Å². The summed E-state index contributed by atoms with van der Waals surface area (Å²) in [5.41, 5.74) is 0.515. The molecule has 2 heterocycles. The molecule has 7 N–H and O–H groups in total. The van der Waals surface area contributed by atoms with E-state index < -0.39 is 89.8 Å². The van der Waals surface area contributed by atoms with E-state index in [1.165, 1.54) is 6.92 Å². The van der Waals surface area contributed by atoms with Gasteiger partial charge in [-0.2, -0.15) is 0 Å². The molecule has 0 aromatic heterocycles. The van der Waals surface area contributed by atoms with Gasteiger partial charge < -0.3 is 41.5 Å². The van der Waals surface area contributed by atoms with Gasteiger partial charge in [0.05, 0.1) is 42.5 Å². The van der Waals surface area contributed by atoms with Crippen LogP contribution in [0.3, 0.4) is 0 Å². The fourth-order valence-electron chi connectivity index (χ4n) is 4.42. The summed E-state index contributed by atoms with van der Waals surface area (Å²) >= 11 is 12.6. The normalized spacial score (nSPS) is 32.0. The van der Waals surface area contributed by atoms with E-state index in [-0.39, 0.29) is 13.0 Å². The van der Waals surface area contributed by atoms with E-state index in [1.807, 2.05) is 0 Å². The van der Waals surface area contributed by atoms with Crippen LogP contribution in [0.1, 0.15) is 24.9 Å². The molecule has 15 heteroatoms. The van der Waals surface area contributed by atoms with Crippen LogP contribution in [0.4, 0.5) is 0 Å². The van der Waals surface area contributed by atoms with E-state index in [2.05, 4.69) is 21.3 Å². The standard InChI is InChI=1S/C24H31Cl2N5O8/c1-11(34)19-22(37)29-15(9-32)21(36)28-14(12-5-3-2-4-6-12)7-17(35)27-16(10-33)24(39)31-8-13(25)18(26)20(31)23(38)30-19/h2-6,11,13-16,18-20,32-34H,7-10H2,1H3,(H,27,35)(H,28,36)(H,29,37)(H,30,38)/t11-,13-,14-,15+,16+,18-,19+,20+/m1/s1. The molecular weight excluding hydrogens is 557 g/mol. The number of hydrogen-bond acceptors (Lipinski definition) is 8. The van der Waals surface area contributed by atoms with Crippen LogP contribution in [0.15, 0.2) is 30.3 Å². The molecule has 13 nitrogen and oxygen atoms in total. The van der Waals surface area contributed by atoms with Crippen molar-refractivity contribution in [1.29, 1.82) is 0 Å². The number of alkyl halides is 2. The van der Waals surface area contributed by atoms with Crippen molar-refractivity contribution in [1.82, 2.24) is 26.2 Å². The van der Waals surface area contributed by atoms with Crippen LogP contribution >= 0.6 is 23.2 Å². The van der Waals surface area contributed by atoms with Gasteiger partial charge in [0, 0.05) is 6.54 Å². The fourth-order valence-corrected chi connectivity index (χ4v) is 5.04. The summed E-state index contributed by atoms with van der Waals surface area (Å²) in [5, 5.41) is 37.6. The Morgan fingerprint density at radius 3 is 2.13 bits per heavy atom. The average molecular weight is 588 g/mol. The molecule has 1 aromatic carbocycles. The first-order chi connectivity index (χ1) is 18.5. The molecule has 8 atom stereocenters. The highest BCUT2D eigenvalue weighted by molar-refractivity contribution is 6.32. The van der Waals surface area contributed by atoms with Gasteiger partial charge >= 0.3 is 0 Å². The molecule has 2 fully saturated rings. The van der Waals surface area contributed by atoms with Crippen LogP contribution in [0, 0.1) is 0 Å². The number of hydrogen-bond donors (Lipinski definition) is 7. The number of aliphatic hydroxyl groups excluding tert-OH is 3. The second-order valence-electron chi connectivity index (χ2n) is 9.35. The first kappa shape index (κ1) is 30.6. The maximum absolute atomic E-state index is 13.3. The van der Waals surface area contributed by atoms with E-state index in [0.29, 0.717) is 5.56 Å². The Morgan fingerprint density at radius 2 is 1.54 bits per heavy atom. The summed E-state index contributed by atoms with van der Waals surface area (Å²) in [6, 6.07) is 1.45. The topological polar surface area (TPSA) is 197 Å². The lowest BCUT2D eigenvalue weighted by Crippen LogP contribution is -2.62. The number of aliphatic hydroxyl groups is 3. The molecule has 2 saturated heterocycles. The quantitative estimate of drug-likeness (QED) is 0.187. The predicted molar refractivity (Wildman–Crippen MR) is 138 cm³/mol. The zero-order chi connectivity index (χ0) is 28.9. The van der Waals surface area contributed by atoms with Crippen molar-refractivity contribution in [3.63, 3.8) is 0 Å². The van der Waals surface area contributed by atoms with Gasteiger partial charge in [-0.25, -0.2) is 0 Å². The van der Waals surface area contributed by atoms with Crippen LogP contribution in [-0.4, -0.2) is 111 Å². The van der Waals surface area contributed by atoms with Gasteiger partial charge in [0.2, 0.25) is 29.5 Å². The van der Waals surface area contributed by atoms with Crippen LogP contribution in [-0.2, 0) is 24.0 Å². The number of benzene rings is 1. The van der Waals surface area contributed by atoms with Crippen molar-refractivity contribution in [3.8, 4) is 0 Å². The summed E-state index contributed by atoms with van der Waals surface area (Å²) in [6.07, 6.45) is -1.83. The summed E-state index contributed by atoms with van der Waals surface area (Å²) < 4.78 is 0. The van der Waals surface area contributed by atoms with Crippen LogP contribution < -0.4 is 21.3 Å². The van der Waals surface area contributed by atoms with Gasteiger partial charge in [-0.1, -0.05) is 30.3 Å². The molecule has 0 unspecified atom stereocenters. The Kier molecular flexibility index (Phi) is 10.5. The lowest BCUT2D eigenvalue weighted by atomic mass is 10.0. The smallest absolute Gasteiger partial charge is 0.248 e. The minimum atomic E-state index is -1.60. The largest absolute Gasteiger partial charge is 0.394 e. The number of carbonyl (C=O) groups is 5. The highest BCUT2D eigenvalue weighted by atomic mass is 35.5.